The number of esters is 1. The molecule has 51 heavy (non-hydrogen) atoms. The number of hydrogen-bond acceptors (Lipinski definition) is 7. The molecule has 1 aliphatic heterocycles. The van der Waals surface area contributed by atoms with Crippen molar-refractivity contribution in [2.45, 2.75) is 66.5 Å². The van der Waals surface area contributed by atoms with Crippen LogP contribution in [0.2, 0.25) is 10.0 Å². The number of methoxy groups -OCH3 is 1. The first-order valence-electron chi connectivity index (χ1n) is 15.6. The molecule has 0 saturated carbocycles. The maximum atomic E-state index is 12.4. The summed E-state index contributed by atoms with van der Waals surface area (Å²) in [5.41, 5.74) is 12.8. The van der Waals surface area contributed by atoms with Crippen LogP contribution < -0.4 is 114 Å². The van der Waals surface area contributed by atoms with Crippen LogP contribution in [0.3, 0.4) is 0 Å². The predicted octanol–water partition coefficient (Wildman–Crippen LogP) is 2.89. The molecule has 0 aliphatic carbocycles. The number of nitrogens with two attached hydrogens (primary N) is 1. The molecule has 13 heteroatoms. The SMILES string of the molecule is CC.CC.COC(=O)c1c(C)cc(Cl)cc1CBr.Cc1cc(Cl)cc2c1C(=O)N(Cc1ccccc1)C2.NCc1ccccc1.O=CO[O-].[H-].[K+].[K+]. The molecule has 0 unspecified atom stereocenters. The summed E-state index contributed by atoms with van der Waals surface area (Å²) in [6.07, 6.45) is 0. The number of aryl methyl sites for hydroxylation is 2. The van der Waals surface area contributed by atoms with Crippen LogP contribution in [-0.4, -0.2) is 30.4 Å². The molecule has 1 amide bonds. The van der Waals surface area contributed by atoms with Crippen molar-refractivity contribution < 1.29 is 133 Å². The van der Waals surface area contributed by atoms with E-state index in [1.807, 2.05) is 119 Å². The summed E-state index contributed by atoms with van der Waals surface area (Å²) in [7, 11) is 1.37. The third-order valence-corrected chi connectivity index (χ3v) is 7.53. The minimum absolute atomic E-state index is 0. The Bertz CT molecular complexity index is 1580. The zero-order valence-electron chi connectivity index (χ0n) is 32.1. The van der Waals surface area contributed by atoms with Gasteiger partial charge in [0.1, 0.15) is 0 Å². The van der Waals surface area contributed by atoms with Gasteiger partial charge in [0.25, 0.3) is 12.4 Å². The maximum Gasteiger partial charge on any atom is 1.00 e. The van der Waals surface area contributed by atoms with E-state index in [1.54, 1.807) is 12.1 Å². The first-order chi connectivity index (χ1) is 23.6. The number of benzene rings is 4. The zero-order valence-corrected chi connectivity index (χ0v) is 40.4. The normalized spacial score (nSPS) is 9.96. The van der Waals surface area contributed by atoms with E-state index in [-0.39, 0.29) is 123 Å². The number of carbonyl (C=O) groups is 3. The van der Waals surface area contributed by atoms with E-state index < -0.39 is 0 Å². The molecule has 0 atom stereocenters. The summed E-state index contributed by atoms with van der Waals surface area (Å²) in [4.78, 5) is 37.0. The van der Waals surface area contributed by atoms with E-state index in [2.05, 4.69) is 20.8 Å². The van der Waals surface area contributed by atoms with E-state index in [9.17, 15) is 9.59 Å². The number of amides is 1. The zero-order chi connectivity index (χ0) is 37.4. The molecule has 1 heterocycles. The molecule has 0 radical (unpaired) electrons. The molecule has 268 valence electrons. The molecular formula is C38H47BrCl2K2N2O6. The van der Waals surface area contributed by atoms with Gasteiger partial charge in [-0.3, -0.25) is 9.59 Å². The maximum absolute atomic E-state index is 12.4. The second-order valence-corrected chi connectivity index (χ2v) is 11.1. The summed E-state index contributed by atoms with van der Waals surface area (Å²) >= 11 is 15.2. The largest absolute Gasteiger partial charge is 1.00 e. The van der Waals surface area contributed by atoms with Gasteiger partial charge < -0.3 is 26.9 Å². The third-order valence-electron chi connectivity index (χ3n) is 6.49. The van der Waals surface area contributed by atoms with E-state index in [4.69, 9.17) is 43.7 Å². The molecule has 5 rings (SSSR count). The van der Waals surface area contributed by atoms with Crippen molar-refractivity contribution in [3.8, 4) is 0 Å². The summed E-state index contributed by atoms with van der Waals surface area (Å²) in [6.45, 7) is 13.5. The third kappa shape index (κ3) is 20.2. The van der Waals surface area contributed by atoms with Crippen LogP contribution in [-0.2, 0) is 39.4 Å². The fraction of sp³-hybridized carbons (Fsp3) is 0.289. The van der Waals surface area contributed by atoms with Gasteiger partial charge in [0.05, 0.1) is 12.7 Å². The number of hydrogen-bond donors (Lipinski definition) is 1. The standard InChI is InChI=1S/C16H14ClNO.C10H10BrClO2.C7H9N.2C2H6.CH2O3.2K.H/c1-11-7-14(17)8-13-10-18(16(19)15(11)13)9-12-5-3-2-4-6-12;1-6-3-8(12)4-7(5-11)9(6)10(13)14-2;8-6-7-4-2-1-3-5-7;2*1-2;2-1-4-3;;;/h2-8H,9-10H2,1H3;3-4H,5H2,1-2H3;1-5H,6,8H2;2*1-2H3;1,3H;;;/q;;;;;;2*+1;-1/p-1. The topological polar surface area (TPSA) is 122 Å². The summed E-state index contributed by atoms with van der Waals surface area (Å²) in [6, 6.07) is 27.3. The number of rotatable bonds is 6. The van der Waals surface area contributed by atoms with Crippen molar-refractivity contribution in [1.29, 1.82) is 0 Å². The summed E-state index contributed by atoms with van der Waals surface area (Å²) < 4.78 is 4.70. The Morgan fingerprint density at radius 1 is 0.902 bits per heavy atom. The van der Waals surface area contributed by atoms with Crippen molar-refractivity contribution in [1.82, 2.24) is 4.90 Å². The van der Waals surface area contributed by atoms with Crippen molar-refractivity contribution in [3.63, 3.8) is 0 Å². The van der Waals surface area contributed by atoms with Gasteiger partial charge in [-0.25, -0.2) is 4.79 Å². The molecule has 4 aromatic rings. The Hall–Kier alpha value is -0.457. The molecule has 0 bridgehead atoms. The second kappa shape index (κ2) is 32.9. The number of carbonyl (C=O) groups excluding carboxylic acids is 3. The average molecular weight is 857 g/mol. The number of halogens is 3. The van der Waals surface area contributed by atoms with Crippen LogP contribution in [0.15, 0.2) is 84.9 Å². The van der Waals surface area contributed by atoms with Crippen LogP contribution in [0.25, 0.3) is 0 Å². The number of fused-ring (bicyclic) bond motifs is 1. The fourth-order valence-electron chi connectivity index (χ4n) is 4.54. The second-order valence-electron chi connectivity index (χ2n) is 9.67. The fourth-order valence-corrected chi connectivity index (χ4v) is 5.57. The van der Waals surface area contributed by atoms with Gasteiger partial charge in [-0.15, -0.1) is 0 Å². The van der Waals surface area contributed by atoms with E-state index in [1.165, 1.54) is 12.7 Å². The Kier molecular flexibility index (Phi) is 35.4. The Morgan fingerprint density at radius 2 is 1.37 bits per heavy atom. The quantitative estimate of drug-likeness (QED) is 0.0792. The number of ether oxygens (including phenoxy) is 1. The predicted molar refractivity (Wildman–Crippen MR) is 202 cm³/mol. The average Bonchev–Trinajstić information content (AvgIpc) is 3.44. The molecule has 0 saturated heterocycles. The monoisotopic (exact) mass is 854 g/mol. The van der Waals surface area contributed by atoms with Crippen LogP contribution in [0.4, 0.5) is 0 Å². The molecule has 0 fully saturated rings. The number of nitrogens with zero attached hydrogens (tertiary/aromatic N) is 1. The minimum atomic E-state index is -0.325. The van der Waals surface area contributed by atoms with Crippen LogP contribution >= 0.6 is 39.1 Å². The molecule has 2 N–H and O–H groups in total. The smallest absolute Gasteiger partial charge is 1.00 e. The van der Waals surface area contributed by atoms with Crippen molar-refractivity contribution >= 4 is 57.5 Å². The molecule has 1 aliphatic rings. The molecular weight excluding hydrogens is 809 g/mol. The van der Waals surface area contributed by atoms with Gasteiger partial charge in [0.2, 0.25) is 0 Å². The molecule has 0 aromatic heterocycles. The van der Waals surface area contributed by atoms with Crippen molar-refractivity contribution in [2.75, 3.05) is 7.11 Å². The van der Waals surface area contributed by atoms with E-state index >= 15 is 0 Å². The van der Waals surface area contributed by atoms with Gasteiger partial charge in [-0.05, 0) is 71.5 Å². The summed E-state index contributed by atoms with van der Waals surface area (Å²) in [5.74, 6) is -0.221. The molecule has 4 aromatic carbocycles. The minimum Gasteiger partial charge on any atom is -1.00 e. The summed E-state index contributed by atoms with van der Waals surface area (Å²) in [5, 5.41) is 10.3. The van der Waals surface area contributed by atoms with Crippen molar-refractivity contribution in [2.24, 2.45) is 5.73 Å². The molecule has 8 nitrogen and oxygen atoms in total. The van der Waals surface area contributed by atoms with Crippen LogP contribution in [0.5, 0.6) is 0 Å². The van der Waals surface area contributed by atoms with Crippen LogP contribution in [0.1, 0.15) is 83.2 Å². The van der Waals surface area contributed by atoms with Gasteiger partial charge in [-0.1, -0.05) is 127 Å². The van der Waals surface area contributed by atoms with Crippen LogP contribution in [0, 0.1) is 13.8 Å². The Morgan fingerprint density at radius 3 is 1.80 bits per heavy atom. The number of alkyl halides is 1. The molecule has 0 spiro atoms. The van der Waals surface area contributed by atoms with Crippen molar-refractivity contribution in [3.05, 3.63) is 139 Å². The first-order valence-corrected chi connectivity index (χ1v) is 17.5. The van der Waals surface area contributed by atoms with Gasteiger partial charge in [0.15, 0.2) is 0 Å². The Balaban J connectivity index is -0.000000309. The van der Waals surface area contributed by atoms with Gasteiger partial charge in [0, 0.05) is 40.6 Å². The first kappa shape index (κ1) is 54.9. The Labute approximate surface area is 408 Å². The van der Waals surface area contributed by atoms with E-state index in [0.29, 0.717) is 40.6 Å². The van der Waals surface area contributed by atoms with E-state index in [0.717, 1.165) is 33.4 Å². The van der Waals surface area contributed by atoms with Gasteiger partial charge >= 0.3 is 109 Å². The van der Waals surface area contributed by atoms with Gasteiger partial charge in [-0.2, -0.15) is 0 Å².